The average Bonchev–Trinajstić information content (AvgIpc) is 3.08. The number of anilines is 3. The van der Waals surface area contributed by atoms with Crippen LogP contribution in [0.5, 0.6) is 0 Å². The van der Waals surface area contributed by atoms with Crippen LogP contribution in [-0.4, -0.2) is 47.3 Å². The molecule has 3 N–H and O–H groups in total. The van der Waals surface area contributed by atoms with Crippen molar-refractivity contribution in [1.29, 1.82) is 0 Å². The van der Waals surface area contributed by atoms with Gasteiger partial charge < -0.3 is 20.7 Å². The zero-order chi connectivity index (χ0) is 13.9. The first-order valence-corrected chi connectivity index (χ1v) is 7.32. The number of nitrogens with zero attached hydrogens (tertiary/aromatic N) is 4. The second-order valence-electron chi connectivity index (χ2n) is 5.47. The maximum atomic E-state index is 5.81. The summed E-state index contributed by atoms with van der Waals surface area (Å²) in [5, 5.41) is 3.35. The number of hydrogen-bond acceptors (Lipinski definition) is 7. The van der Waals surface area contributed by atoms with Crippen molar-refractivity contribution in [2.24, 2.45) is 0 Å². The van der Waals surface area contributed by atoms with E-state index in [0.717, 1.165) is 32.4 Å². The summed E-state index contributed by atoms with van der Waals surface area (Å²) >= 11 is 0. The molecular weight excluding hydrogens is 256 g/mol. The number of nitrogens with one attached hydrogen (secondary N) is 1. The summed E-state index contributed by atoms with van der Waals surface area (Å²) in [6.45, 7) is 1.99. The number of ether oxygens (including phenoxy) is 1. The Morgan fingerprint density at radius 3 is 2.70 bits per heavy atom. The molecule has 2 atom stereocenters. The fraction of sp³-hybridized carbons (Fsp3) is 0.769. The van der Waals surface area contributed by atoms with Gasteiger partial charge in [0.25, 0.3) is 0 Å². The van der Waals surface area contributed by atoms with E-state index in [-0.39, 0.29) is 18.1 Å². The van der Waals surface area contributed by atoms with Crippen molar-refractivity contribution in [2.75, 3.05) is 36.1 Å². The minimum atomic E-state index is 0.225. The third-order valence-corrected chi connectivity index (χ3v) is 4.10. The second-order valence-corrected chi connectivity index (χ2v) is 5.47. The average molecular weight is 278 g/mol. The summed E-state index contributed by atoms with van der Waals surface area (Å²) in [4.78, 5) is 15.1. The predicted molar refractivity (Wildman–Crippen MR) is 77.7 cm³/mol. The molecule has 1 saturated heterocycles. The predicted octanol–water partition coefficient (Wildman–Crippen LogP) is 1.03. The van der Waals surface area contributed by atoms with Crippen molar-refractivity contribution in [3.05, 3.63) is 0 Å². The molecule has 0 amide bonds. The Labute approximate surface area is 118 Å². The highest BCUT2D eigenvalue weighted by molar-refractivity contribution is 5.43. The Morgan fingerprint density at radius 1 is 1.15 bits per heavy atom. The fourth-order valence-corrected chi connectivity index (χ4v) is 3.04. The quantitative estimate of drug-likeness (QED) is 0.850. The zero-order valence-electron chi connectivity index (χ0n) is 11.9. The van der Waals surface area contributed by atoms with E-state index in [1.807, 2.05) is 0 Å². The normalized spacial score (nSPS) is 26.1. The first kappa shape index (κ1) is 13.4. The molecule has 2 aliphatic rings. The lowest BCUT2D eigenvalue weighted by atomic mass is 10.2. The van der Waals surface area contributed by atoms with Gasteiger partial charge in [-0.1, -0.05) is 0 Å². The number of methoxy groups -OCH3 is 1. The topological polar surface area (TPSA) is 89.2 Å². The number of nitrogen functional groups attached to an aromatic ring is 1. The van der Waals surface area contributed by atoms with Crippen LogP contribution < -0.4 is 16.0 Å². The first-order chi connectivity index (χ1) is 9.76. The smallest absolute Gasteiger partial charge is 0.231 e. The van der Waals surface area contributed by atoms with Crippen LogP contribution in [0.15, 0.2) is 0 Å². The standard InChI is InChI=1S/C13H22N6O/c1-20-10-6-4-5-9(10)15-12-16-11(14)17-13(18-12)19-7-2-3-8-19/h9-10H,2-8H2,1H3,(H3,14,15,16,17,18). The van der Waals surface area contributed by atoms with E-state index < -0.39 is 0 Å². The van der Waals surface area contributed by atoms with E-state index >= 15 is 0 Å². The Kier molecular flexibility index (Phi) is 3.86. The highest BCUT2D eigenvalue weighted by atomic mass is 16.5. The Hall–Kier alpha value is -1.63. The number of nitrogens with two attached hydrogens (primary N) is 1. The highest BCUT2D eigenvalue weighted by Gasteiger charge is 2.28. The number of hydrogen-bond donors (Lipinski definition) is 2. The van der Waals surface area contributed by atoms with Crippen molar-refractivity contribution in [3.8, 4) is 0 Å². The van der Waals surface area contributed by atoms with Crippen molar-refractivity contribution in [2.45, 2.75) is 44.2 Å². The molecule has 20 heavy (non-hydrogen) atoms. The van der Waals surface area contributed by atoms with Gasteiger partial charge in [-0.25, -0.2) is 0 Å². The molecule has 1 aromatic rings. The Bertz CT molecular complexity index is 462. The van der Waals surface area contributed by atoms with E-state index in [0.29, 0.717) is 11.9 Å². The Morgan fingerprint density at radius 2 is 1.95 bits per heavy atom. The molecule has 0 spiro atoms. The van der Waals surface area contributed by atoms with E-state index in [9.17, 15) is 0 Å². The maximum Gasteiger partial charge on any atom is 0.231 e. The van der Waals surface area contributed by atoms with Gasteiger partial charge in [-0.05, 0) is 32.1 Å². The minimum absolute atomic E-state index is 0.225. The Balaban J connectivity index is 1.75. The van der Waals surface area contributed by atoms with Gasteiger partial charge in [0.1, 0.15) is 0 Å². The zero-order valence-corrected chi connectivity index (χ0v) is 11.9. The van der Waals surface area contributed by atoms with Crippen molar-refractivity contribution < 1.29 is 4.74 Å². The van der Waals surface area contributed by atoms with Gasteiger partial charge in [0, 0.05) is 20.2 Å². The largest absolute Gasteiger partial charge is 0.379 e. The minimum Gasteiger partial charge on any atom is -0.379 e. The van der Waals surface area contributed by atoms with Gasteiger partial charge >= 0.3 is 0 Å². The molecule has 1 aliphatic heterocycles. The number of aromatic nitrogens is 3. The van der Waals surface area contributed by atoms with Gasteiger partial charge in [-0.2, -0.15) is 15.0 Å². The van der Waals surface area contributed by atoms with Crippen LogP contribution in [-0.2, 0) is 4.74 Å². The molecule has 110 valence electrons. The molecule has 2 fully saturated rings. The molecule has 2 heterocycles. The third-order valence-electron chi connectivity index (χ3n) is 4.10. The van der Waals surface area contributed by atoms with Gasteiger partial charge in [-0.15, -0.1) is 0 Å². The van der Waals surface area contributed by atoms with Crippen LogP contribution >= 0.6 is 0 Å². The summed E-state index contributed by atoms with van der Waals surface area (Å²) in [7, 11) is 1.75. The van der Waals surface area contributed by atoms with Crippen LogP contribution in [0.2, 0.25) is 0 Å². The lowest BCUT2D eigenvalue weighted by Gasteiger charge is -2.21. The monoisotopic (exact) mass is 278 g/mol. The maximum absolute atomic E-state index is 5.81. The molecule has 2 unspecified atom stereocenters. The molecule has 0 bridgehead atoms. The molecule has 1 aliphatic carbocycles. The molecule has 0 radical (unpaired) electrons. The van der Waals surface area contributed by atoms with Gasteiger partial charge in [-0.3, -0.25) is 0 Å². The third kappa shape index (κ3) is 2.77. The summed E-state index contributed by atoms with van der Waals surface area (Å²) in [6.07, 6.45) is 5.90. The summed E-state index contributed by atoms with van der Waals surface area (Å²) in [6, 6.07) is 0.258. The second kappa shape index (κ2) is 5.78. The molecular formula is C13H22N6O. The van der Waals surface area contributed by atoms with E-state index in [1.165, 1.54) is 12.8 Å². The molecule has 1 saturated carbocycles. The van der Waals surface area contributed by atoms with Crippen LogP contribution in [0.4, 0.5) is 17.8 Å². The van der Waals surface area contributed by atoms with Crippen molar-refractivity contribution in [1.82, 2.24) is 15.0 Å². The summed E-state index contributed by atoms with van der Waals surface area (Å²) in [5.41, 5.74) is 5.81. The van der Waals surface area contributed by atoms with Crippen molar-refractivity contribution >= 4 is 17.8 Å². The van der Waals surface area contributed by atoms with Gasteiger partial charge in [0.2, 0.25) is 17.8 Å². The summed E-state index contributed by atoms with van der Waals surface area (Å²) < 4.78 is 5.48. The van der Waals surface area contributed by atoms with Crippen LogP contribution in [0.1, 0.15) is 32.1 Å². The lowest BCUT2D eigenvalue weighted by molar-refractivity contribution is 0.101. The molecule has 0 aromatic carbocycles. The SMILES string of the molecule is COC1CCCC1Nc1nc(N)nc(N2CCCC2)n1. The lowest BCUT2D eigenvalue weighted by Crippen LogP contribution is -2.31. The summed E-state index contributed by atoms with van der Waals surface area (Å²) in [5.74, 6) is 1.52. The molecule has 3 rings (SSSR count). The van der Waals surface area contributed by atoms with E-state index in [1.54, 1.807) is 7.11 Å². The van der Waals surface area contributed by atoms with Crippen molar-refractivity contribution in [3.63, 3.8) is 0 Å². The molecule has 7 heteroatoms. The van der Waals surface area contributed by atoms with Gasteiger partial charge in [0.15, 0.2) is 0 Å². The number of rotatable bonds is 4. The van der Waals surface area contributed by atoms with Crippen LogP contribution in [0.3, 0.4) is 0 Å². The van der Waals surface area contributed by atoms with Gasteiger partial charge in [0.05, 0.1) is 12.1 Å². The van der Waals surface area contributed by atoms with Crippen LogP contribution in [0.25, 0.3) is 0 Å². The molecule has 7 nitrogen and oxygen atoms in total. The molecule has 1 aromatic heterocycles. The fourth-order valence-electron chi connectivity index (χ4n) is 3.04. The van der Waals surface area contributed by atoms with Crippen LogP contribution in [0, 0.1) is 0 Å². The van der Waals surface area contributed by atoms with E-state index in [2.05, 4.69) is 25.2 Å². The first-order valence-electron chi connectivity index (χ1n) is 7.32. The van der Waals surface area contributed by atoms with E-state index in [4.69, 9.17) is 10.5 Å². The highest BCUT2D eigenvalue weighted by Crippen LogP contribution is 2.25.